The highest BCUT2D eigenvalue weighted by atomic mass is 15.3. The lowest BCUT2D eigenvalue weighted by Crippen LogP contribution is -2.44. The molecule has 0 saturated carbocycles. The van der Waals surface area contributed by atoms with Crippen LogP contribution in [0.25, 0.3) is 0 Å². The van der Waals surface area contributed by atoms with Gasteiger partial charge in [0.05, 0.1) is 5.69 Å². The summed E-state index contributed by atoms with van der Waals surface area (Å²) in [5.41, 5.74) is 6.84. The molecule has 0 aliphatic carbocycles. The minimum atomic E-state index is 0.613. The maximum atomic E-state index is 5.65. The molecule has 2 rings (SSSR count). The average molecular weight is 209 g/mol. The number of hydrogen-bond donors (Lipinski definition) is 1. The van der Waals surface area contributed by atoms with Crippen molar-refractivity contribution in [2.45, 2.75) is 6.54 Å². The van der Waals surface area contributed by atoms with E-state index in [0.29, 0.717) is 5.82 Å². The van der Waals surface area contributed by atoms with Gasteiger partial charge in [0.1, 0.15) is 5.82 Å². The zero-order valence-corrected chi connectivity index (χ0v) is 9.48. The van der Waals surface area contributed by atoms with Gasteiger partial charge in [-0.05, 0) is 7.05 Å². The number of hydrogen-bond acceptors (Lipinski definition) is 4. The fourth-order valence-corrected chi connectivity index (χ4v) is 1.91. The van der Waals surface area contributed by atoms with Crippen LogP contribution in [0.3, 0.4) is 0 Å². The van der Waals surface area contributed by atoms with Gasteiger partial charge in [-0.1, -0.05) is 0 Å². The number of aryl methyl sites for hydroxylation is 1. The predicted octanol–water partition coefficient (Wildman–Crippen LogP) is -0.250. The topological polar surface area (TPSA) is 50.3 Å². The van der Waals surface area contributed by atoms with Gasteiger partial charge in [-0.15, -0.1) is 0 Å². The van der Waals surface area contributed by atoms with Crippen molar-refractivity contribution in [2.75, 3.05) is 39.0 Å². The summed E-state index contributed by atoms with van der Waals surface area (Å²) in [5.74, 6) is 0.613. The Bertz CT molecular complexity index is 325. The van der Waals surface area contributed by atoms with E-state index in [4.69, 9.17) is 5.73 Å². The molecular weight excluding hydrogens is 190 g/mol. The molecule has 84 valence electrons. The largest absolute Gasteiger partial charge is 0.382 e. The Morgan fingerprint density at radius 2 is 1.93 bits per heavy atom. The summed E-state index contributed by atoms with van der Waals surface area (Å²) in [4.78, 5) is 4.80. The van der Waals surface area contributed by atoms with Crippen molar-refractivity contribution in [1.82, 2.24) is 19.6 Å². The number of rotatable bonds is 2. The summed E-state index contributed by atoms with van der Waals surface area (Å²) in [5, 5.41) is 4.15. The van der Waals surface area contributed by atoms with E-state index in [-0.39, 0.29) is 0 Å². The van der Waals surface area contributed by atoms with Crippen LogP contribution in [0, 0.1) is 0 Å². The molecule has 15 heavy (non-hydrogen) atoms. The molecule has 0 bridgehead atoms. The summed E-state index contributed by atoms with van der Waals surface area (Å²) in [6.45, 7) is 5.50. The lowest BCUT2D eigenvalue weighted by atomic mass is 10.3. The van der Waals surface area contributed by atoms with Gasteiger partial charge in [0.15, 0.2) is 0 Å². The second-order valence-corrected chi connectivity index (χ2v) is 4.26. The molecule has 1 aromatic heterocycles. The van der Waals surface area contributed by atoms with Crippen LogP contribution in [0.2, 0.25) is 0 Å². The molecule has 1 aromatic rings. The van der Waals surface area contributed by atoms with E-state index in [2.05, 4.69) is 21.9 Å². The zero-order valence-electron chi connectivity index (χ0n) is 9.48. The first-order valence-corrected chi connectivity index (χ1v) is 5.34. The Morgan fingerprint density at radius 3 is 2.47 bits per heavy atom. The van der Waals surface area contributed by atoms with Crippen molar-refractivity contribution in [2.24, 2.45) is 7.05 Å². The van der Waals surface area contributed by atoms with Crippen molar-refractivity contribution in [3.8, 4) is 0 Å². The monoisotopic (exact) mass is 209 g/mol. The molecule has 5 heteroatoms. The van der Waals surface area contributed by atoms with E-state index in [1.165, 1.54) is 5.69 Å². The maximum Gasteiger partial charge on any atom is 0.145 e. The van der Waals surface area contributed by atoms with E-state index in [1.807, 2.05) is 17.8 Å². The normalized spacial score (nSPS) is 19.6. The Balaban J connectivity index is 1.94. The van der Waals surface area contributed by atoms with Crippen LogP contribution < -0.4 is 5.73 Å². The first-order valence-electron chi connectivity index (χ1n) is 5.34. The first-order chi connectivity index (χ1) is 7.15. The molecule has 2 N–H and O–H groups in total. The molecule has 2 heterocycles. The number of aromatic nitrogens is 2. The van der Waals surface area contributed by atoms with Crippen LogP contribution in [-0.4, -0.2) is 52.8 Å². The number of nitrogen functional groups attached to an aromatic ring is 1. The summed E-state index contributed by atoms with van der Waals surface area (Å²) >= 11 is 0. The second kappa shape index (κ2) is 4.20. The summed E-state index contributed by atoms with van der Waals surface area (Å²) in [6, 6.07) is 1.96. The quantitative estimate of drug-likeness (QED) is 0.730. The molecule has 1 aliphatic heterocycles. The molecule has 0 atom stereocenters. The number of anilines is 1. The maximum absolute atomic E-state index is 5.65. The lowest BCUT2D eigenvalue weighted by Gasteiger charge is -2.32. The summed E-state index contributed by atoms with van der Waals surface area (Å²) < 4.78 is 1.87. The van der Waals surface area contributed by atoms with Crippen LogP contribution in [0.15, 0.2) is 6.07 Å². The summed E-state index contributed by atoms with van der Waals surface area (Å²) in [6.07, 6.45) is 0. The van der Waals surface area contributed by atoms with Gasteiger partial charge in [0.2, 0.25) is 0 Å². The Morgan fingerprint density at radius 1 is 1.27 bits per heavy atom. The fourth-order valence-electron chi connectivity index (χ4n) is 1.91. The van der Waals surface area contributed by atoms with Crippen molar-refractivity contribution in [3.63, 3.8) is 0 Å². The SMILES string of the molecule is CN1CCN(Cc2cc(N)nn2C)CC1. The van der Waals surface area contributed by atoms with E-state index >= 15 is 0 Å². The third-order valence-corrected chi connectivity index (χ3v) is 2.98. The molecular formula is C10H19N5. The van der Waals surface area contributed by atoms with Gasteiger partial charge < -0.3 is 10.6 Å². The molecule has 0 unspecified atom stereocenters. The van der Waals surface area contributed by atoms with E-state index in [0.717, 1.165) is 32.7 Å². The minimum absolute atomic E-state index is 0.613. The van der Waals surface area contributed by atoms with Crippen LogP contribution in [-0.2, 0) is 13.6 Å². The Labute approximate surface area is 90.4 Å². The number of piperazine rings is 1. The number of nitrogens with zero attached hydrogens (tertiary/aromatic N) is 4. The molecule has 0 aromatic carbocycles. The third kappa shape index (κ3) is 2.49. The smallest absolute Gasteiger partial charge is 0.145 e. The van der Waals surface area contributed by atoms with Crippen LogP contribution >= 0.6 is 0 Å². The highest BCUT2D eigenvalue weighted by molar-refractivity contribution is 5.29. The predicted molar refractivity (Wildman–Crippen MR) is 60.4 cm³/mol. The fraction of sp³-hybridized carbons (Fsp3) is 0.700. The molecule has 0 amide bonds. The third-order valence-electron chi connectivity index (χ3n) is 2.98. The summed E-state index contributed by atoms with van der Waals surface area (Å²) in [7, 11) is 4.11. The molecule has 1 aliphatic rings. The molecule has 0 spiro atoms. The van der Waals surface area contributed by atoms with Crippen molar-refractivity contribution < 1.29 is 0 Å². The van der Waals surface area contributed by atoms with Crippen molar-refractivity contribution in [1.29, 1.82) is 0 Å². The van der Waals surface area contributed by atoms with E-state index in [9.17, 15) is 0 Å². The Hall–Kier alpha value is -1.07. The average Bonchev–Trinajstić information content (AvgIpc) is 2.49. The van der Waals surface area contributed by atoms with Gasteiger partial charge >= 0.3 is 0 Å². The van der Waals surface area contributed by atoms with Gasteiger partial charge in [-0.25, -0.2) is 0 Å². The van der Waals surface area contributed by atoms with Crippen molar-refractivity contribution in [3.05, 3.63) is 11.8 Å². The molecule has 1 saturated heterocycles. The molecule has 5 nitrogen and oxygen atoms in total. The van der Waals surface area contributed by atoms with E-state index < -0.39 is 0 Å². The van der Waals surface area contributed by atoms with Crippen molar-refractivity contribution >= 4 is 5.82 Å². The molecule has 1 fully saturated rings. The van der Waals surface area contributed by atoms with Gasteiger partial charge in [-0.3, -0.25) is 9.58 Å². The van der Waals surface area contributed by atoms with Crippen LogP contribution in [0.1, 0.15) is 5.69 Å². The standard InChI is InChI=1S/C10H19N5/c1-13-3-5-15(6-4-13)8-9-7-10(11)12-14(9)2/h7H,3-6,8H2,1-2H3,(H2,11,12). The lowest BCUT2D eigenvalue weighted by molar-refractivity contribution is 0.145. The zero-order chi connectivity index (χ0) is 10.8. The highest BCUT2D eigenvalue weighted by Crippen LogP contribution is 2.09. The minimum Gasteiger partial charge on any atom is -0.382 e. The van der Waals surface area contributed by atoms with Crippen LogP contribution in [0.4, 0.5) is 5.82 Å². The first kappa shape index (κ1) is 10.4. The van der Waals surface area contributed by atoms with Crippen LogP contribution in [0.5, 0.6) is 0 Å². The number of nitrogens with two attached hydrogens (primary N) is 1. The number of likely N-dealkylation sites (N-methyl/N-ethyl adjacent to an activating group) is 1. The molecule has 0 radical (unpaired) electrons. The van der Waals surface area contributed by atoms with Gasteiger partial charge in [-0.2, -0.15) is 5.10 Å². The van der Waals surface area contributed by atoms with Gasteiger partial charge in [0, 0.05) is 45.8 Å². The highest BCUT2D eigenvalue weighted by Gasteiger charge is 2.15. The Kier molecular flexibility index (Phi) is 2.93. The van der Waals surface area contributed by atoms with E-state index in [1.54, 1.807) is 0 Å². The van der Waals surface area contributed by atoms with Gasteiger partial charge in [0.25, 0.3) is 0 Å². The second-order valence-electron chi connectivity index (χ2n) is 4.26.